The van der Waals surface area contributed by atoms with Gasteiger partial charge in [-0.1, -0.05) is 0 Å². The number of aryl methyl sites for hydroxylation is 1. The number of rotatable bonds is 3. The molecule has 2 rings (SSSR count). The third-order valence-electron chi connectivity index (χ3n) is 3.09. The van der Waals surface area contributed by atoms with Crippen LogP contribution >= 0.6 is 0 Å². The summed E-state index contributed by atoms with van der Waals surface area (Å²) in [5.74, 6) is 0.643. The summed E-state index contributed by atoms with van der Waals surface area (Å²) in [5.41, 5.74) is 1.99. The Morgan fingerprint density at radius 1 is 1.41 bits per heavy atom. The lowest BCUT2D eigenvalue weighted by molar-refractivity contribution is -0.117. The first kappa shape index (κ1) is 12.1. The molecule has 1 aliphatic heterocycles. The number of aromatic nitrogens is 2. The van der Waals surface area contributed by atoms with Crippen molar-refractivity contribution in [1.29, 1.82) is 0 Å². The van der Waals surface area contributed by atoms with Gasteiger partial charge in [0, 0.05) is 37.4 Å². The summed E-state index contributed by atoms with van der Waals surface area (Å²) in [5, 5.41) is 13.0. The van der Waals surface area contributed by atoms with E-state index in [1.165, 1.54) is 0 Å². The molecule has 1 amide bonds. The molecule has 17 heavy (non-hydrogen) atoms. The van der Waals surface area contributed by atoms with Crippen molar-refractivity contribution in [1.82, 2.24) is 20.4 Å². The van der Waals surface area contributed by atoms with E-state index in [9.17, 15) is 4.79 Å². The van der Waals surface area contributed by atoms with Gasteiger partial charge in [-0.3, -0.25) is 14.8 Å². The maximum absolute atomic E-state index is 11.8. The van der Waals surface area contributed by atoms with E-state index in [-0.39, 0.29) is 5.91 Å². The number of carbonyl (C=O) groups is 1. The van der Waals surface area contributed by atoms with E-state index in [0.717, 1.165) is 37.4 Å². The normalized spacial score (nSPS) is 17.1. The van der Waals surface area contributed by atoms with Crippen LogP contribution in [0.5, 0.6) is 0 Å². The number of nitrogens with zero attached hydrogens (tertiary/aromatic N) is 2. The standard InChI is InChI=1S/C11H19N5O/c1-8-9(2)14-15-11(8)13-10(17)7-16-5-3-12-4-6-16/h12H,3-7H2,1-2H3,(H2,13,14,15,17). The minimum Gasteiger partial charge on any atom is -0.314 e. The molecule has 1 aromatic heterocycles. The van der Waals surface area contributed by atoms with Crippen molar-refractivity contribution in [3.63, 3.8) is 0 Å². The SMILES string of the molecule is Cc1[nH]nc(NC(=O)CN2CCNCC2)c1C. The van der Waals surface area contributed by atoms with Crippen molar-refractivity contribution < 1.29 is 4.79 Å². The first-order valence-corrected chi connectivity index (χ1v) is 5.91. The second kappa shape index (κ2) is 5.29. The molecule has 0 saturated carbocycles. The van der Waals surface area contributed by atoms with Crippen molar-refractivity contribution in [3.05, 3.63) is 11.3 Å². The number of nitrogens with one attached hydrogen (secondary N) is 3. The summed E-state index contributed by atoms with van der Waals surface area (Å²) in [6, 6.07) is 0. The lowest BCUT2D eigenvalue weighted by Gasteiger charge is -2.26. The quantitative estimate of drug-likeness (QED) is 0.685. The van der Waals surface area contributed by atoms with Crippen LogP contribution in [0.4, 0.5) is 5.82 Å². The van der Waals surface area contributed by atoms with Gasteiger partial charge in [-0.2, -0.15) is 5.10 Å². The van der Waals surface area contributed by atoms with Gasteiger partial charge in [-0.05, 0) is 13.8 Å². The summed E-state index contributed by atoms with van der Waals surface area (Å²) in [6.07, 6.45) is 0. The summed E-state index contributed by atoms with van der Waals surface area (Å²) < 4.78 is 0. The smallest absolute Gasteiger partial charge is 0.239 e. The lowest BCUT2D eigenvalue weighted by Crippen LogP contribution is -2.46. The average molecular weight is 237 g/mol. The zero-order valence-corrected chi connectivity index (χ0v) is 10.3. The number of hydrogen-bond donors (Lipinski definition) is 3. The average Bonchev–Trinajstić information content (AvgIpc) is 2.62. The van der Waals surface area contributed by atoms with Gasteiger partial charge >= 0.3 is 0 Å². The Morgan fingerprint density at radius 2 is 2.12 bits per heavy atom. The molecule has 0 atom stereocenters. The van der Waals surface area contributed by atoms with Gasteiger partial charge in [-0.25, -0.2) is 0 Å². The fourth-order valence-corrected chi connectivity index (χ4v) is 1.85. The number of piperazine rings is 1. The molecular formula is C11H19N5O. The van der Waals surface area contributed by atoms with Crippen molar-refractivity contribution in [2.75, 3.05) is 38.0 Å². The van der Waals surface area contributed by atoms with E-state index >= 15 is 0 Å². The number of hydrogen-bond acceptors (Lipinski definition) is 4. The molecule has 3 N–H and O–H groups in total. The highest BCUT2D eigenvalue weighted by atomic mass is 16.2. The Labute approximate surface area is 101 Å². The van der Waals surface area contributed by atoms with Crippen molar-refractivity contribution in [2.24, 2.45) is 0 Å². The zero-order chi connectivity index (χ0) is 12.3. The van der Waals surface area contributed by atoms with Crippen LogP contribution in [0, 0.1) is 13.8 Å². The Bertz CT molecular complexity index is 395. The van der Waals surface area contributed by atoms with E-state index in [1.54, 1.807) is 0 Å². The Kier molecular flexibility index (Phi) is 3.75. The van der Waals surface area contributed by atoms with Crippen LogP contribution in [0.25, 0.3) is 0 Å². The van der Waals surface area contributed by atoms with E-state index in [4.69, 9.17) is 0 Å². The number of H-pyrrole nitrogens is 1. The molecule has 2 heterocycles. The van der Waals surface area contributed by atoms with Gasteiger partial charge in [0.25, 0.3) is 0 Å². The molecule has 1 aliphatic rings. The molecule has 6 heteroatoms. The van der Waals surface area contributed by atoms with Crippen LogP contribution in [0.3, 0.4) is 0 Å². The molecule has 1 fully saturated rings. The fourth-order valence-electron chi connectivity index (χ4n) is 1.85. The Hall–Kier alpha value is -1.40. The van der Waals surface area contributed by atoms with Gasteiger partial charge < -0.3 is 10.6 Å². The lowest BCUT2D eigenvalue weighted by atomic mass is 10.3. The maximum Gasteiger partial charge on any atom is 0.239 e. The number of anilines is 1. The summed E-state index contributed by atoms with van der Waals surface area (Å²) in [4.78, 5) is 14.0. The van der Waals surface area contributed by atoms with Crippen LogP contribution in [0.2, 0.25) is 0 Å². The van der Waals surface area contributed by atoms with E-state index in [2.05, 4.69) is 25.7 Å². The molecule has 0 unspecified atom stereocenters. The molecule has 94 valence electrons. The van der Waals surface area contributed by atoms with Crippen LogP contribution in [0.1, 0.15) is 11.3 Å². The highest BCUT2D eigenvalue weighted by Gasteiger charge is 2.15. The number of carbonyl (C=O) groups excluding carboxylic acids is 1. The van der Waals surface area contributed by atoms with E-state index in [0.29, 0.717) is 12.4 Å². The first-order valence-electron chi connectivity index (χ1n) is 5.91. The number of amides is 1. The van der Waals surface area contributed by atoms with Gasteiger partial charge in [0.1, 0.15) is 0 Å². The largest absolute Gasteiger partial charge is 0.314 e. The first-order chi connectivity index (χ1) is 8.16. The van der Waals surface area contributed by atoms with Crippen LogP contribution in [-0.2, 0) is 4.79 Å². The van der Waals surface area contributed by atoms with Crippen molar-refractivity contribution in [3.8, 4) is 0 Å². The number of aromatic amines is 1. The molecule has 0 spiro atoms. The second-order valence-corrected chi connectivity index (χ2v) is 4.40. The van der Waals surface area contributed by atoms with Crippen molar-refractivity contribution in [2.45, 2.75) is 13.8 Å². The molecule has 1 saturated heterocycles. The third-order valence-corrected chi connectivity index (χ3v) is 3.09. The zero-order valence-electron chi connectivity index (χ0n) is 10.3. The highest BCUT2D eigenvalue weighted by Crippen LogP contribution is 2.13. The van der Waals surface area contributed by atoms with Gasteiger partial charge in [0.2, 0.25) is 5.91 Å². The van der Waals surface area contributed by atoms with Crippen molar-refractivity contribution >= 4 is 11.7 Å². The van der Waals surface area contributed by atoms with E-state index in [1.807, 2.05) is 13.8 Å². The monoisotopic (exact) mass is 237 g/mol. The Morgan fingerprint density at radius 3 is 2.71 bits per heavy atom. The maximum atomic E-state index is 11.8. The van der Waals surface area contributed by atoms with Crippen LogP contribution < -0.4 is 10.6 Å². The summed E-state index contributed by atoms with van der Waals surface area (Å²) in [7, 11) is 0. The fraction of sp³-hybridized carbons (Fsp3) is 0.636. The minimum absolute atomic E-state index is 0.00139. The second-order valence-electron chi connectivity index (χ2n) is 4.40. The molecule has 0 aliphatic carbocycles. The van der Waals surface area contributed by atoms with Crippen LogP contribution in [-0.4, -0.2) is 53.7 Å². The van der Waals surface area contributed by atoms with Gasteiger partial charge in [-0.15, -0.1) is 0 Å². The predicted octanol–water partition coefficient (Wildman–Crippen LogP) is -0.130. The summed E-state index contributed by atoms with van der Waals surface area (Å²) >= 11 is 0. The molecular weight excluding hydrogens is 218 g/mol. The Balaban J connectivity index is 1.86. The molecule has 0 bridgehead atoms. The third kappa shape index (κ3) is 3.04. The molecule has 0 aromatic carbocycles. The summed E-state index contributed by atoms with van der Waals surface area (Å²) in [6.45, 7) is 8.07. The van der Waals surface area contributed by atoms with Gasteiger partial charge in [0.05, 0.1) is 6.54 Å². The topological polar surface area (TPSA) is 73.0 Å². The minimum atomic E-state index is 0.00139. The van der Waals surface area contributed by atoms with Crippen LogP contribution in [0.15, 0.2) is 0 Å². The van der Waals surface area contributed by atoms with E-state index < -0.39 is 0 Å². The molecule has 6 nitrogen and oxygen atoms in total. The predicted molar refractivity (Wildman–Crippen MR) is 66.0 cm³/mol. The molecule has 0 radical (unpaired) electrons. The highest BCUT2D eigenvalue weighted by molar-refractivity contribution is 5.92. The molecule has 1 aromatic rings. The van der Waals surface area contributed by atoms with Gasteiger partial charge in [0.15, 0.2) is 5.82 Å².